The number of carbonyl (C=O) groups is 1. The standard InChI is InChI=1S/C14H21NO4/c1-4-11-6-5-7-12(8-11)19-10-13(16)15-9-14(17-2)18-3/h5-8,14H,4,9-10H2,1-3H3,(H,15,16). The summed E-state index contributed by atoms with van der Waals surface area (Å²) < 4.78 is 15.3. The van der Waals surface area contributed by atoms with Crippen LogP contribution in [0, 0.1) is 0 Å². The van der Waals surface area contributed by atoms with Gasteiger partial charge in [-0.25, -0.2) is 0 Å². The van der Waals surface area contributed by atoms with Gasteiger partial charge in [0.15, 0.2) is 12.9 Å². The van der Waals surface area contributed by atoms with Gasteiger partial charge in [0.25, 0.3) is 5.91 Å². The van der Waals surface area contributed by atoms with E-state index in [1.165, 1.54) is 19.8 Å². The highest BCUT2D eigenvalue weighted by Crippen LogP contribution is 2.13. The first-order valence-corrected chi connectivity index (χ1v) is 6.23. The molecule has 106 valence electrons. The summed E-state index contributed by atoms with van der Waals surface area (Å²) in [6.45, 7) is 2.35. The molecule has 0 fully saturated rings. The summed E-state index contributed by atoms with van der Waals surface area (Å²) in [4.78, 5) is 11.6. The SMILES string of the molecule is CCc1cccc(OCC(=O)NCC(OC)OC)c1. The number of aryl methyl sites for hydroxylation is 1. The second-order valence-corrected chi connectivity index (χ2v) is 3.99. The van der Waals surface area contributed by atoms with Crippen molar-refractivity contribution in [2.45, 2.75) is 19.6 Å². The molecule has 1 amide bonds. The van der Waals surface area contributed by atoms with Crippen molar-refractivity contribution >= 4 is 5.91 Å². The lowest BCUT2D eigenvalue weighted by molar-refractivity contribution is -0.129. The van der Waals surface area contributed by atoms with Crippen LogP contribution in [0.4, 0.5) is 0 Å². The Hall–Kier alpha value is -1.59. The van der Waals surface area contributed by atoms with Gasteiger partial charge in [-0.1, -0.05) is 19.1 Å². The number of carbonyl (C=O) groups excluding carboxylic acids is 1. The zero-order valence-corrected chi connectivity index (χ0v) is 11.6. The number of hydrogen-bond acceptors (Lipinski definition) is 4. The Morgan fingerprint density at radius 2 is 2.05 bits per heavy atom. The van der Waals surface area contributed by atoms with E-state index < -0.39 is 6.29 Å². The minimum absolute atomic E-state index is 0.0205. The van der Waals surface area contributed by atoms with Gasteiger partial charge in [-0.05, 0) is 24.1 Å². The van der Waals surface area contributed by atoms with E-state index in [-0.39, 0.29) is 12.5 Å². The third kappa shape index (κ3) is 5.72. The molecule has 0 spiro atoms. The van der Waals surface area contributed by atoms with Crippen molar-refractivity contribution in [1.82, 2.24) is 5.32 Å². The van der Waals surface area contributed by atoms with Crippen LogP contribution in [0.25, 0.3) is 0 Å². The molecule has 1 aromatic carbocycles. The first-order valence-electron chi connectivity index (χ1n) is 6.23. The van der Waals surface area contributed by atoms with Crippen LogP contribution >= 0.6 is 0 Å². The molecule has 0 aliphatic carbocycles. The normalized spacial score (nSPS) is 10.5. The molecule has 0 bridgehead atoms. The molecule has 0 saturated carbocycles. The van der Waals surface area contributed by atoms with Gasteiger partial charge >= 0.3 is 0 Å². The number of amides is 1. The molecule has 0 heterocycles. The highest BCUT2D eigenvalue weighted by molar-refractivity contribution is 5.77. The first-order chi connectivity index (χ1) is 9.19. The average Bonchev–Trinajstić information content (AvgIpc) is 2.46. The lowest BCUT2D eigenvalue weighted by atomic mass is 10.2. The van der Waals surface area contributed by atoms with E-state index in [9.17, 15) is 4.79 Å². The van der Waals surface area contributed by atoms with Crippen LogP contribution < -0.4 is 10.1 Å². The number of methoxy groups -OCH3 is 2. The van der Waals surface area contributed by atoms with Crippen molar-refractivity contribution in [3.8, 4) is 5.75 Å². The van der Waals surface area contributed by atoms with Gasteiger partial charge < -0.3 is 19.5 Å². The van der Waals surface area contributed by atoms with E-state index in [0.717, 1.165) is 6.42 Å². The molecule has 0 aromatic heterocycles. The molecule has 19 heavy (non-hydrogen) atoms. The minimum atomic E-state index is -0.438. The highest BCUT2D eigenvalue weighted by Gasteiger charge is 2.08. The molecule has 0 radical (unpaired) electrons. The zero-order valence-electron chi connectivity index (χ0n) is 11.6. The Morgan fingerprint density at radius 3 is 2.68 bits per heavy atom. The van der Waals surface area contributed by atoms with Gasteiger partial charge in [0.1, 0.15) is 5.75 Å². The van der Waals surface area contributed by atoms with Crippen molar-refractivity contribution in [2.24, 2.45) is 0 Å². The van der Waals surface area contributed by atoms with E-state index in [2.05, 4.69) is 12.2 Å². The van der Waals surface area contributed by atoms with Crippen molar-refractivity contribution < 1.29 is 19.0 Å². The Kier molecular flexibility index (Phi) is 6.92. The summed E-state index contributed by atoms with van der Waals surface area (Å²) in [6, 6.07) is 7.70. The fourth-order valence-electron chi connectivity index (χ4n) is 1.52. The molecular formula is C14H21NO4. The molecule has 0 unspecified atom stereocenters. The summed E-state index contributed by atoms with van der Waals surface area (Å²) in [5.41, 5.74) is 1.18. The number of rotatable bonds is 8. The van der Waals surface area contributed by atoms with Crippen LogP contribution in [-0.4, -0.2) is 39.6 Å². The maximum atomic E-state index is 11.6. The van der Waals surface area contributed by atoms with Gasteiger partial charge in [-0.3, -0.25) is 4.79 Å². The Labute approximate surface area is 113 Å². The average molecular weight is 267 g/mol. The van der Waals surface area contributed by atoms with Crippen LogP contribution in [0.2, 0.25) is 0 Å². The molecule has 1 rings (SSSR count). The molecule has 0 aliphatic heterocycles. The summed E-state index contributed by atoms with van der Waals surface area (Å²) in [5, 5.41) is 2.67. The quantitative estimate of drug-likeness (QED) is 0.723. The van der Waals surface area contributed by atoms with E-state index in [1.807, 2.05) is 24.3 Å². The van der Waals surface area contributed by atoms with Crippen molar-refractivity contribution in [2.75, 3.05) is 27.4 Å². The number of benzene rings is 1. The van der Waals surface area contributed by atoms with Crippen LogP contribution in [0.1, 0.15) is 12.5 Å². The minimum Gasteiger partial charge on any atom is -0.484 e. The van der Waals surface area contributed by atoms with Gasteiger partial charge in [0.2, 0.25) is 0 Å². The Bertz CT molecular complexity index is 391. The van der Waals surface area contributed by atoms with Crippen LogP contribution in [0.3, 0.4) is 0 Å². The molecule has 1 aromatic rings. The third-order valence-electron chi connectivity index (χ3n) is 2.67. The first kappa shape index (κ1) is 15.5. The summed E-state index contributed by atoms with van der Waals surface area (Å²) >= 11 is 0. The van der Waals surface area contributed by atoms with Gasteiger partial charge in [-0.15, -0.1) is 0 Å². The van der Waals surface area contributed by atoms with Gasteiger partial charge in [0.05, 0.1) is 6.54 Å². The largest absolute Gasteiger partial charge is 0.484 e. The second-order valence-electron chi connectivity index (χ2n) is 3.99. The zero-order chi connectivity index (χ0) is 14.1. The Balaban J connectivity index is 2.33. The van der Waals surface area contributed by atoms with Crippen LogP contribution in [-0.2, 0) is 20.7 Å². The van der Waals surface area contributed by atoms with Crippen LogP contribution in [0.5, 0.6) is 5.75 Å². The summed E-state index contributed by atoms with van der Waals surface area (Å²) in [7, 11) is 3.04. The molecular weight excluding hydrogens is 246 g/mol. The number of nitrogens with one attached hydrogen (secondary N) is 1. The molecule has 0 atom stereocenters. The number of ether oxygens (including phenoxy) is 3. The second kappa shape index (κ2) is 8.50. The van der Waals surface area contributed by atoms with Crippen molar-refractivity contribution in [1.29, 1.82) is 0 Å². The maximum Gasteiger partial charge on any atom is 0.258 e. The van der Waals surface area contributed by atoms with Crippen molar-refractivity contribution in [3.05, 3.63) is 29.8 Å². The van der Waals surface area contributed by atoms with Gasteiger partial charge in [0, 0.05) is 14.2 Å². The lowest BCUT2D eigenvalue weighted by Gasteiger charge is -2.14. The smallest absolute Gasteiger partial charge is 0.258 e. The summed E-state index contributed by atoms with van der Waals surface area (Å²) in [6.07, 6.45) is 0.500. The number of hydrogen-bond donors (Lipinski definition) is 1. The van der Waals surface area contributed by atoms with Crippen LogP contribution in [0.15, 0.2) is 24.3 Å². The highest BCUT2D eigenvalue weighted by atomic mass is 16.7. The monoisotopic (exact) mass is 267 g/mol. The molecule has 5 nitrogen and oxygen atoms in total. The Morgan fingerprint density at radius 1 is 1.32 bits per heavy atom. The molecule has 5 heteroatoms. The van der Waals surface area contributed by atoms with Crippen molar-refractivity contribution in [3.63, 3.8) is 0 Å². The van der Waals surface area contributed by atoms with E-state index in [1.54, 1.807) is 0 Å². The predicted molar refractivity (Wildman–Crippen MR) is 72.1 cm³/mol. The lowest BCUT2D eigenvalue weighted by Crippen LogP contribution is -2.36. The molecule has 1 N–H and O–H groups in total. The van der Waals surface area contributed by atoms with Gasteiger partial charge in [-0.2, -0.15) is 0 Å². The molecule has 0 saturated heterocycles. The van der Waals surface area contributed by atoms with E-state index >= 15 is 0 Å². The summed E-state index contributed by atoms with van der Waals surface area (Å²) in [5.74, 6) is 0.491. The fourth-order valence-corrected chi connectivity index (χ4v) is 1.52. The predicted octanol–water partition coefficient (Wildman–Crippen LogP) is 1.36. The van der Waals surface area contributed by atoms with E-state index in [4.69, 9.17) is 14.2 Å². The van der Waals surface area contributed by atoms with E-state index in [0.29, 0.717) is 12.3 Å². The topological polar surface area (TPSA) is 56.8 Å². The molecule has 0 aliphatic rings. The third-order valence-corrected chi connectivity index (χ3v) is 2.67. The maximum absolute atomic E-state index is 11.6. The fraction of sp³-hybridized carbons (Fsp3) is 0.500.